The number of nitrogens with zero attached hydrogens (tertiary/aromatic N) is 3. The van der Waals surface area contributed by atoms with Crippen LogP contribution in [0.3, 0.4) is 0 Å². The van der Waals surface area contributed by atoms with Gasteiger partial charge in [-0.15, -0.1) is 0 Å². The van der Waals surface area contributed by atoms with E-state index >= 15 is 0 Å². The molecule has 2 aromatic heterocycles. The topological polar surface area (TPSA) is 496 Å². The Morgan fingerprint density at radius 1 is 0.725 bits per heavy atom. The van der Waals surface area contributed by atoms with Gasteiger partial charge in [0.05, 0.1) is 25.1 Å². The van der Waals surface area contributed by atoms with Gasteiger partial charge < -0.3 is 89.6 Å². The molecule has 2 saturated heterocycles. The number of guanidine groups is 1. The number of carbonyl (C=O) groups is 11. The molecule has 494 valence electrons. The van der Waals surface area contributed by atoms with Gasteiger partial charge in [-0.3, -0.25) is 58.4 Å². The van der Waals surface area contributed by atoms with Crippen molar-refractivity contribution in [3.05, 3.63) is 84.1 Å². The monoisotopic (exact) mass is 1270 g/mol. The Labute approximate surface area is 524 Å². The number of hydrogen-bond donors (Lipinski definition) is 17. The normalized spacial score (nSPS) is 17.0. The zero-order valence-electron chi connectivity index (χ0n) is 51.4. The third-order valence-electron chi connectivity index (χ3n) is 14.8. The van der Waals surface area contributed by atoms with E-state index in [1.54, 1.807) is 65.1 Å². The highest BCUT2D eigenvalue weighted by Gasteiger charge is 2.40. The fourth-order valence-corrected chi connectivity index (χ4v) is 10.2. The van der Waals surface area contributed by atoms with Crippen LogP contribution >= 0.6 is 0 Å². The van der Waals surface area contributed by atoms with Gasteiger partial charge in [0.25, 0.3) is 5.91 Å². The van der Waals surface area contributed by atoms with E-state index in [0.717, 1.165) is 0 Å². The molecule has 12 amide bonds. The molecule has 9 atom stereocenters. The number of ether oxygens (including phenoxy) is 1. The van der Waals surface area contributed by atoms with Crippen molar-refractivity contribution in [2.75, 3.05) is 26.3 Å². The first-order valence-corrected chi connectivity index (χ1v) is 29.9. The summed E-state index contributed by atoms with van der Waals surface area (Å²) in [6, 6.07) is -0.716. The summed E-state index contributed by atoms with van der Waals surface area (Å²) in [4.78, 5) is 167. The molecular formula is C59H84N18O14. The standard InChI is InChI=1S/C59H84N18O14/c1-31(2)22-40(49(82)68-39(12-8-20-64-57(60)61)56(89)77-21-9-13-46(77)55(88)75-76-58(62)90)69-54(87)45(29-91-59(3,4)5)74-50(83)41(23-32-14-16-35(79)17-15-32)70-53(86)44(28-78)73-51(84)42(24-33-26-65-37-11-7-6-10-36(33)37)71-52(85)43(25-34-27-63-30-66-34)72-48(81)38-18-19-47(80)67-38/h6-7,10-11,14-17,26-27,30-31,38-46,65,78-79H,8-9,12-13,18-25,28-29H2,1-5H3,(H,63,66)(H,67,80)(H,68,82)(H,69,87)(H,70,86)(H,71,85)(H,72,81)(H,73,84)(H,74,83)(H,75,88)(H4,60,61,64)(H3,62,76,90). The van der Waals surface area contributed by atoms with E-state index in [1.165, 1.54) is 41.7 Å². The number of benzene rings is 2. The first-order valence-electron chi connectivity index (χ1n) is 29.9. The molecule has 20 N–H and O–H groups in total. The Morgan fingerprint density at radius 3 is 1.95 bits per heavy atom. The van der Waals surface area contributed by atoms with Crippen LogP contribution in [0, 0.1) is 5.92 Å². The number of phenolic OH excluding ortho intramolecular Hbond substituents is 1. The lowest BCUT2D eigenvalue weighted by atomic mass is 10.0. The molecule has 0 spiro atoms. The largest absolute Gasteiger partial charge is 0.508 e. The van der Waals surface area contributed by atoms with Gasteiger partial charge in [-0.05, 0) is 94.5 Å². The van der Waals surface area contributed by atoms with Crippen molar-refractivity contribution in [1.29, 1.82) is 0 Å². The van der Waals surface area contributed by atoms with Gasteiger partial charge in [0, 0.05) is 67.8 Å². The minimum Gasteiger partial charge on any atom is -0.508 e. The van der Waals surface area contributed by atoms with Crippen LogP contribution in [0.5, 0.6) is 5.75 Å². The first-order chi connectivity index (χ1) is 43.2. The van der Waals surface area contributed by atoms with E-state index in [2.05, 4.69) is 67.9 Å². The van der Waals surface area contributed by atoms with E-state index in [4.69, 9.17) is 21.9 Å². The number of aromatic nitrogens is 3. The van der Waals surface area contributed by atoms with Gasteiger partial charge in [0.15, 0.2) is 5.96 Å². The summed E-state index contributed by atoms with van der Waals surface area (Å²) in [7, 11) is 0. The summed E-state index contributed by atoms with van der Waals surface area (Å²) in [5.41, 5.74) is 21.6. The minimum atomic E-state index is -1.80. The number of aliphatic hydroxyl groups is 1. The molecule has 4 heterocycles. The molecule has 32 nitrogen and oxygen atoms in total. The molecule has 0 radical (unpaired) electrons. The number of aromatic hydroxyl groups is 1. The van der Waals surface area contributed by atoms with Crippen LogP contribution in [-0.2, 0) is 71.9 Å². The summed E-state index contributed by atoms with van der Waals surface area (Å²) in [5, 5.41) is 42.8. The van der Waals surface area contributed by atoms with Gasteiger partial charge >= 0.3 is 6.03 Å². The molecule has 91 heavy (non-hydrogen) atoms. The fourth-order valence-electron chi connectivity index (χ4n) is 10.2. The number of carbonyl (C=O) groups excluding carboxylic acids is 11. The Balaban J connectivity index is 1.24. The number of nitrogens with two attached hydrogens (primary N) is 3. The van der Waals surface area contributed by atoms with Gasteiger partial charge in [-0.1, -0.05) is 44.2 Å². The Hall–Kier alpha value is -9.85. The third-order valence-corrected chi connectivity index (χ3v) is 14.8. The van der Waals surface area contributed by atoms with Crippen molar-refractivity contribution >= 4 is 82.0 Å². The molecule has 2 aromatic carbocycles. The highest BCUT2D eigenvalue weighted by atomic mass is 16.5. The molecule has 0 saturated carbocycles. The number of likely N-dealkylation sites (tertiary alicyclic amines) is 1. The molecule has 9 unspecified atom stereocenters. The summed E-state index contributed by atoms with van der Waals surface area (Å²) < 4.78 is 6.03. The average Bonchev–Trinajstić information content (AvgIpc) is 1.85. The molecule has 0 bridgehead atoms. The highest BCUT2D eigenvalue weighted by Crippen LogP contribution is 2.22. The number of phenols is 1. The number of primary amides is 1. The number of amides is 12. The molecule has 4 aromatic rings. The van der Waals surface area contributed by atoms with Crippen molar-refractivity contribution in [3.8, 4) is 5.75 Å². The summed E-state index contributed by atoms with van der Waals surface area (Å²) >= 11 is 0. The zero-order valence-corrected chi connectivity index (χ0v) is 51.4. The fraction of sp³-hybridized carbons (Fsp3) is 0.508. The molecule has 0 aliphatic carbocycles. The van der Waals surface area contributed by atoms with Crippen LogP contribution in [-0.4, -0.2) is 187 Å². The van der Waals surface area contributed by atoms with Crippen LogP contribution in [0.4, 0.5) is 4.79 Å². The van der Waals surface area contributed by atoms with Crippen molar-refractivity contribution in [2.24, 2.45) is 28.1 Å². The predicted molar refractivity (Wildman–Crippen MR) is 329 cm³/mol. The maximum absolute atomic E-state index is 14.8. The number of hydrazine groups is 1. The third kappa shape index (κ3) is 21.7. The van der Waals surface area contributed by atoms with Crippen LogP contribution in [0.15, 0.2) is 72.2 Å². The van der Waals surface area contributed by atoms with Crippen LogP contribution in [0.25, 0.3) is 10.9 Å². The lowest BCUT2D eigenvalue weighted by Gasteiger charge is -2.31. The van der Waals surface area contributed by atoms with Crippen molar-refractivity contribution < 1.29 is 67.7 Å². The molecule has 32 heteroatoms. The number of hydrogen-bond acceptors (Lipinski definition) is 16. The molecular weight excluding hydrogens is 1180 g/mol. The predicted octanol–water partition coefficient (Wildman–Crippen LogP) is -3.11. The molecule has 2 aliphatic heterocycles. The number of fused-ring (bicyclic) bond motifs is 1. The maximum Gasteiger partial charge on any atom is 0.330 e. The lowest BCUT2D eigenvalue weighted by Crippen LogP contribution is -2.62. The second kappa shape index (κ2) is 33.1. The van der Waals surface area contributed by atoms with Crippen molar-refractivity contribution in [3.63, 3.8) is 0 Å². The smallest absolute Gasteiger partial charge is 0.330 e. The van der Waals surface area contributed by atoms with Crippen molar-refractivity contribution in [2.45, 2.75) is 159 Å². The van der Waals surface area contributed by atoms with E-state index in [9.17, 15) is 63.0 Å². The zero-order chi connectivity index (χ0) is 66.5. The van der Waals surface area contributed by atoms with Gasteiger partial charge in [0.2, 0.25) is 53.2 Å². The lowest BCUT2D eigenvalue weighted by molar-refractivity contribution is -0.142. The quantitative estimate of drug-likeness (QED) is 0.0103. The van der Waals surface area contributed by atoms with Crippen LogP contribution in [0.2, 0.25) is 0 Å². The van der Waals surface area contributed by atoms with Crippen LogP contribution in [0.1, 0.15) is 96.4 Å². The number of aromatic amines is 2. The number of imidazole rings is 1. The number of para-hydroxylation sites is 1. The van der Waals surface area contributed by atoms with Gasteiger partial charge in [0.1, 0.15) is 60.1 Å². The highest BCUT2D eigenvalue weighted by molar-refractivity contribution is 5.99. The number of rotatable bonds is 31. The van der Waals surface area contributed by atoms with Gasteiger partial charge in [-0.2, -0.15) is 0 Å². The molecule has 2 fully saturated rings. The Morgan fingerprint density at radius 2 is 1.33 bits per heavy atom. The minimum absolute atomic E-state index is 0.00453. The summed E-state index contributed by atoms with van der Waals surface area (Å²) in [5.74, 6) is -8.58. The number of aliphatic hydroxyl groups excluding tert-OH is 1. The van der Waals surface area contributed by atoms with E-state index in [1.807, 2.05) is 5.43 Å². The number of nitrogens with one attached hydrogen (secondary N) is 12. The average molecular weight is 1270 g/mol. The summed E-state index contributed by atoms with van der Waals surface area (Å²) in [6.45, 7) is 7.28. The van der Waals surface area contributed by atoms with Crippen molar-refractivity contribution in [1.82, 2.24) is 73.2 Å². The SMILES string of the molecule is CC(C)CC(NC(=O)C(COC(C)(C)C)NC(=O)C(Cc1ccc(O)cc1)NC(=O)C(CO)NC(=O)C(Cc1c[nH]c2ccccc12)NC(=O)C(Cc1cnc[nH]1)NC(=O)C1CCC(=O)N1)C(=O)NC(CCCN=C(N)N)C(=O)N1CCCC1C(=O)NNC(N)=O. The second-order valence-electron chi connectivity index (χ2n) is 23.7. The maximum atomic E-state index is 14.8. The van der Waals surface area contributed by atoms with Crippen LogP contribution < -0.4 is 70.6 Å². The number of H-pyrrole nitrogens is 2. The van der Waals surface area contributed by atoms with Gasteiger partial charge in [-0.25, -0.2) is 15.2 Å². The molecule has 2 aliphatic rings. The Bertz CT molecular complexity index is 3240. The first kappa shape index (κ1) is 70.2. The second-order valence-corrected chi connectivity index (χ2v) is 23.7. The van der Waals surface area contributed by atoms with E-state index < -0.39 is 132 Å². The number of urea groups is 1. The molecule has 6 rings (SSSR count). The summed E-state index contributed by atoms with van der Waals surface area (Å²) in [6.07, 6.45) is 4.91. The van der Waals surface area contributed by atoms with E-state index in [-0.39, 0.29) is 94.4 Å². The Kier molecular flexibility index (Phi) is 25.6. The van der Waals surface area contributed by atoms with E-state index in [0.29, 0.717) is 34.1 Å². The number of aliphatic imine (C=N–C) groups is 1.